The predicted octanol–water partition coefficient (Wildman–Crippen LogP) is 4.83. The van der Waals surface area contributed by atoms with Crippen molar-refractivity contribution in [2.75, 3.05) is 12.4 Å². The fraction of sp³-hybridized carbons (Fsp3) is 0.125. The number of nitrogens with one attached hydrogen (secondary N) is 1. The molecule has 7 heteroatoms. The molecule has 3 aromatic rings. The largest absolute Gasteiger partial charge is 0.465 e. The van der Waals surface area contributed by atoms with Gasteiger partial charge in [0.2, 0.25) is 0 Å². The number of anilines is 1. The van der Waals surface area contributed by atoms with Crippen LogP contribution in [-0.4, -0.2) is 25.0 Å². The van der Waals surface area contributed by atoms with Gasteiger partial charge in [0.25, 0.3) is 5.91 Å². The zero-order valence-electron chi connectivity index (χ0n) is 16.6. The average Bonchev–Trinajstić information content (AvgIpc) is 2.79. The first-order valence-electron chi connectivity index (χ1n) is 9.54. The number of carbonyl (C=O) groups excluding carboxylic acids is 3. The van der Waals surface area contributed by atoms with E-state index < -0.39 is 23.9 Å². The number of cyclic esters (lactones) is 1. The number of amides is 1. The first-order valence-corrected chi connectivity index (χ1v) is 9.92. The number of methoxy groups -OCH3 is 1. The van der Waals surface area contributed by atoms with E-state index in [1.807, 2.05) is 12.1 Å². The van der Waals surface area contributed by atoms with Gasteiger partial charge in [-0.1, -0.05) is 35.9 Å². The number of ether oxygens (including phenoxy) is 2. The molecule has 31 heavy (non-hydrogen) atoms. The average molecular weight is 436 g/mol. The molecule has 0 fully saturated rings. The van der Waals surface area contributed by atoms with Crippen molar-refractivity contribution in [2.24, 2.45) is 0 Å². The van der Waals surface area contributed by atoms with Gasteiger partial charge in [0.05, 0.1) is 23.9 Å². The summed E-state index contributed by atoms with van der Waals surface area (Å²) in [6.07, 6.45) is -0.0293. The molecular weight excluding hydrogens is 418 g/mol. The fourth-order valence-electron chi connectivity index (χ4n) is 3.47. The van der Waals surface area contributed by atoms with Gasteiger partial charge in [-0.25, -0.2) is 9.59 Å². The Hall–Kier alpha value is -3.64. The van der Waals surface area contributed by atoms with E-state index in [0.717, 1.165) is 5.56 Å². The maximum atomic E-state index is 12.8. The van der Waals surface area contributed by atoms with Gasteiger partial charge in [-0.3, -0.25) is 4.79 Å². The summed E-state index contributed by atoms with van der Waals surface area (Å²) in [5, 5.41) is 3.33. The van der Waals surface area contributed by atoms with Crippen LogP contribution >= 0.6 is 11.6 Å². The second kappa shape index (κ2) is 8.62. The Morgan fingerprint density at radius 1 is 1.06 bits per heavy atom. The van der Waals surface area contributed by atoms with Crippen LogP contribution in [0.4, 0.5) is 5.69 Å². The molecule has 1 atom stereocenters. The molecule has 1 unspecified atom stereocenters. The summed E-state index contributed by atoms with van der Waals surface area (Å²) in [4.78, 5) is 37.2. The quantitative estimate of drug-likeness (QED) is 0.593. The van der Waals surface area contributed by atoms with E-state index in [9.17, 15) is 14.4 Å². The first kappa shape index (κ1) is 20.6. The van der Waals surface area contributed by atoms with Crippen LogP contribution in [0.3, 0.4) is 0 Å². The van der Waals surface area contributed by atoms with Gasteiger partial charge in [0.15, 0.2) is 0 Å². The minimum Gasteiger partial charge on any atom is -0.465 e. The van der Waals surface area contributed by atoms with Crippen LogP contribution in [0, 0.1) is 0 Å². The Labute approximate surface area is 183 Å². The van der Waals surface area contributed by atoms with Gasteiger partial charge >= 0.3 is 11.9 Å². The monoisotopic (exact) mass is 435 g/mol. The third kappa shape index (κ3) is 4.29. The highest BCUT2D eigenvalue weighted by Gasteiger charge is 2.28. The summed E-state index contributed by atoms with van der Waals surface area (Å²) in [5.74, 6) is -1.39. The van der Waals surface area contributed by atoms with Crippen LogP contribution in [0.2, 0.25) is 5.02 Å². The minimum atomic E-state index is -0.546. The molecule has 0 bridgehead atoms. The summed E-state index contributed by atoms with van der Waals surface area (Å²) in [7, 11) is 1.28. The predicted molar refractivity (Wildman–Crippen MR) is 115 cm³/mol. The molecule has 1 heterocycles. The highest BCUT2D eigenvalue weighted by Crippen LogP contribution is 2.32. The fourth-order valence-corrected chi connectivity index (χ4v) is 3.60. The van der Waals surface area contributed by atoms with Crippen molar-refractivity contribution >= 4 is 35.1 Å². The Morgan fingerprint density at radius 3 is 2.55 bits per heavy atom. The Balaban J connectivity index is 1.59. The van der Waals surface area contributed by atoms with Gasteiger partial charge in [0, 0.05) is 17.0 Å². The number of carbonyl (C=O) groups is 3. The molecule has 1 N–H and O–H groups in total. The van der Waals surface area contributed by atoms with Crippen LogP contribution < -0.4 is 5.32 Å². The van der Waals surface area contributed by atoms with Crippen molar-refractivity contribution in [1.82, 2.24) is 0 Å². The van der Waals surface area contributed by atoms with E-state index in [4.69, 9.17) is 21.1 Å². The number of esters is 2. The normalized spacial score (nSPS) is 14.9. The number of hydrogen-bond acceptors (Lipinski definition) is 5. The lowest BCUT2D eigenvalue weighted by Gasteiger charge is -2.25. The second-order valence-electron chi connectivity index (χ2n) is 7.01. The molecule has 0 aliphatic carbocycles. The van der Waals surface area contributed by atoms with Gasteiger partial charge in [-0.15, -0.1) is 0 Å². The van der Waals surface area contributed by atoms with Crippen molar-refractivity contribution < 1.29 is 23.9 Å². The van der Waals surface area contributed by atoms with Crippen molar-refractivity contribution in [3.05, 3.63) is 99.6 Å². The summed E-state index contributed by atoms with van der Waals surface area (Å²) in [6.45, 7) is 0. The van der Waals surface area contributed by atoms with Crippen molar-refractivity contribution in [2.45, 2.75) is 12.5 Å². The molecule has 3 aromatic carbocycles. The second-order valence-corrected chi connectivity index (χ2v) is 7.45. The molecule has 1 amide bonds. The van der Waals surface area contributed by atoms with Gasteiger partial charge < -0.3 is 14.8 Å². The van der Waals surface area contributed by atoms with Gasteiger partial charge in [-0.05, 0) is 53.6 Å². The molecule has 4 rings (SSSR count). The smallest absolute Gasteiger partial charge is 0.339 e. The molecule has 1 aliphatic rings. The van der Waals surface area contributed by atoms with Crippen LogP contribution in [0.25, 0.3) is 0 Å². The van der Waals surface area contributed by atoms with E-state index in [-0.39, 0.29) is 5.56 Å². The Bertz CT molecular complexity index is 1170. The number of halogens is 1. The molecule has 1 aliphatic heterocycles. The summed E-state index contributed by atoms with van der Waals surface area (Å²) < 4.78 is 10.3. The van der Waals surface area contributed by atoms with Crippen LogP contribution in [-0.2, 0) is 15.9 Å². The van der Waals surface area contributed by atoms with E-state index in [1.54, 1.807) is 54.6 Å². The molecule has 0 radical (unpaired) electrons. The molecule has 0 spiro atoms. The lowest BCUT2D eigenvalue weighted by Crippen LogP contribution is -2.23. The SMILES string of the molecule is COC(=O)c1ccccc1NC(=O)c1ccc2c(c1)CC(c1ccc(Cl)cc1)OC2=O. The Kier molecular flexibility index (Phi) is 5.73. The summed E-state index contributed by atoms with van der Waals surface area (Å²) >= 11 is 5.94. The summed E-state index contributed by atoms with van der Waals surface area (Å²) in [5.41, 5.74) is 2.92. The van der Waals surface area contributed by atoms with Crippen molar-refractivity contribution in [3.63, 3.8) is 0 Å². The number of rotatable bonds is 4. The van der Waals surface area contributed by atoms with E-state index >= 15 is 0 Å². The van der Waals surface area contributed by atoms with Gasteiger partial charge in [0.1, 0.15) is 6.10 Å². The number of benzene rings is 3. The van der Waals surface area contributed by atoms with Crippen molar-refractivity contribution in [1.29, 1.82) is 0 Å². The third-order valence-corrected chi connectivity index (χ3v) is 5.32. The molecular formula is C24H18ClNO5. The molecule has 0 saturated heterocycles. The van der Waals surface area contributed by atoms with E-state index in [1.165, 1.54) is 7.11 Å². The van der Waals surface area contributed by atoms with E-state index in [2.05, 4.69) is 5.32 Å². The summed E-state index contributed by atoms with van der Waals surface area (Å²) in [6, 6.07) is 18.5. The number of para-hydroxylation sites is 1. The van der Waals surface area contributed by atoms with Crippen LogP contribution in [0.5, 0.6) is 0 Å². The maximum Gasteiger partial charge on any atom is 0.339 e. The zero-order chi connectivity index (χ0) is 22.0. The highest BCUT2D eigenvalue weighted by atomic mass is 35.5. The number of hydrogen-bond donors (Lipinski definition) is 1. The minimum absolute atomic E-state index is 0.252. The van der Waals surface area contributed by atoms with E-state index in [0.29, 0.717) is 33.8 Å². The molecule has 0 aromatic heterocycles. The standard InChI is InChI=1S/C24H18ClNO5/c1-30-23(28)19-4-2-3-5-20(19)26-22(27)15-8-11-18-16(12-15)13-21(31-24(18)29)14-6-9-17(25)10-7-14/h2-12,21H,13H2,1H3,(H,26,27). The lowest BCUT2D eigenvalue weighted by molar-refractivity contribution is 0.0252. The topological polar surface area (TPSA) is 81.7 Å². The van der Waals surface area contributed by atoms with Crippen molar-refractivity contribution in [3.8, 4) is 0 Å². The first-order chi connectivity index (χ1) is 15.0. The Morgan fingerprint density at radius 2 is 1.81 bits per heavy atom. The molecule has 6 nitrogen and oxygen atoms in total. The zero-order valence-corrected chi connectivity index (χ0v) is 17.3. The lowest BCUT2D eigenvalue weighted by atomic mass is 9.93. The van der Waals surface area contributed by atoms with Crippen LogP contribution in [0.15, 0.2) is 66.7 Å². The number of fused-ring (bicyclic) bond motifs is 1. The molecule has 0 saturated carbocycles. The molecule has 156 valence electrons. The third-order valence-electron chi connectivity index (χ3n) is 5.06. The maximum absolute atomic E-state index is 12.8. The van der Waals surface area contributed by atoms with Gasteiger partial charge in [-0.2, -0.15) is 0 Å². The van der Waals surface area contributed by atoms with Crippen LogP contribution in [0.1, 0.15) is 48.3 Å². The highest BCUT2D eigenvalue weighted by molar-refractivity contribution is 6.30.